The van der Waals surface area contributed by atoms with Crippen molar-refractivity contribution in [3.8, 4) is 0 Å². The molecule has 0 unspecified atom stereocenters. The molecule has 51 valence electrons. The quantitative estimate of drug-likeness (QED) is 0.643. The van der Waals surface area contributed by atoms with Crippen molar-refractivity contribution in [2.45, 2.75) is 6.92 Å². The van der Waals surface area contributed by atoms with Gasteiger partial charge in [0.2, 0.25) is 0 Å². The van der Waals surface area contributed by atoms with Crippen LogP contribution in [-0.2, 0) is 13.2 Å². The number of hydrogen-bond donors (Lipinski definition) is 0. The molecule has 3 heteroatoms. The van der Waals surface area contributed by atoms with Crippen molar-refractivity contribution in [1.29, 1.82) is 0 Å². The van der Waals surface area contributed by atoms with Gasteiger partial charge in [-0.1, -0.05) is 24.3 Å². The van der Waals surface area contributed by atoms with Gasteiger partial charge in [-0.05, 0) is 18.6 Å². The molecule has 10 heavy (non-hydrogen) atoms. The van der Waals surface area contributed by atoms with Gasteiger partial charge in [-0.15, -0.1) is 0 Å². The Labute approximate surface area is 82.7 Å². The fraction of sp³-hybridized carbons (Fsp3) is 0.143. The topological polar surface area (TPSA) is 0 Å². The van der Waals surface area contributed by atoms with Crippen molar-refractivity contribution in [2.24, 2.45) is 0 Å². The van der Waals surface area contributed by atoms with E-state index >= 15 is 0 Å². The molecule has 0 amide bonds. The van der Waals surface area contributed by atoms with Gasteiger partial charge in [0.1, 0.15) is 0 Å². The van der Waals surface area contributed by atoms with Crippen LogP contribution in [0.1, 0.15) is 5.56 Å². The van der Waals surface area contributed by atoms with E-state index in [1.165, 1.54) is 5.56 Å². The van der Waals surface area contributed by atoms with Gasteiger partial charge in [-0.2, -0.15) is 0 Å². The Morgan fingerprint density at radius 2 is 2.00 bits per heavy atom. The molecule has 0 nitrogen and oxygen atoms in total. The predicted octanol–water partition coefficient (Wildman–Crippen LogP) is 3.48. The molecular weight excluding hydrogens is 309 g/mol. The summed E-state index contributed by atoms with van der Waals surface area (Å²) in [5.74, 6) is 0. The summed E-state index contributed by atoms with van der Waals surface area (Å²) in [6.07, 6.45) is 0. The fourth-order valence-electron chi connectivity index (χ4n) is 0.483. The van der Waals surface area contributed by atoms with Crippen LogP contribution in [0.2, 0.25) is 0 Å². The van der Waals surface area contributed by atoms with Crippen molar-refractivity contribution >= 4 is 27.2 Å². The minimum absolute atomic E-state index is 0.250. The monoisotopic (exact) mass is 313 g/mol. The Hall–Kier alpha value is 0.803. The summed E-state index contributed by atoms with van der Waals surface area (Å²) in [5, 5.41) is 0. The maximum atomic E-state index is 3.25. The van der Waals surface area contributed by atoms with Crippen molar-refractivity contribution < 1.29 is 13.2 Å². The molecule has 1 aromatic carbocycles. The Kier molecular flexibility index (Phi) is 8.54. The summed E-state index contributed by atoms with van der Waals surface area (Å²) in [5.41, 5.74) is 1.20. The molecule has 0 spiro atoms. The first kappa shape index (κ1) is 10.8. The van der Waals surface area contributed by atoms with E-state index in [9.17, 15) is 0 Å². The van der Waals surface area contributed by atoms with Crippen LogP contribution >= 0.6 is 27.2 Å². The summed E-state index contributed by atoms with van der Waals surface area (Å²) in [6.45, 7) is 2.03. The van der Waals surface area contributed by atoms with Crippen LogP contribution < -0.4 is 0 Å². The number of hydrogen-bond acceptors (Lipinski definition) is 0. The Bertz CT molecular complexity index is 153. The molecule has 0 saturated heterocycles. The number of rotatable bonds is 0. The van der Waals surface area contributed by atoms with Crippen LogP contribution in [0.4, 0.5) is 0 Å². The van der Waals surface area contributed by atoms with Crippen molar-refractivity contribution in [3.63, 3.8) is 0 Å². The van der Waals surface area contributed by atoms with Crippen LogP contribution in [-0.4, -0.2) is 0 Å². The molecule has 1 aromatic rings. The van der Waals surface area contributed by atoms with Gasteiger partial charge >= 0.3 is 40.5 Å². The molecule has 0 bridgehead atoms. The number of benzene rings is 1. The maximum absolute atomic E-state index is 3.25. The van der Waals surface area contributed by atoms with E-state index in [4.69, 9.17) is 0 Å². The van der Waals surface area contributed by atoms with Crippen LogP contribution in [0.15, 0.2) is 24.3 Å². The second-order valence-corrected chi connectivity index (χ2v) is 15.7. The predicted molar refractivity (Wildman–Crippen MR) is 47.9 cm³/mol. The third-order valence-corrected chi connectivity index (χ3v) is 0.865. The molecule has 0 heterocycles. The van der Waals surface area contributed by atoms with Gasteiger partial charge in [0.25, 0.3) is 0 Å². The first-order chi connectivity index (χ1) is 4.81. The molecule has 0 aliphatic rings. The normalized spacial score (nSPS) is 7.10. The molecule has 0 aliphatic heterocycles. The van der Waals surface area contributed by atoms with Gasteiger partial charge in [-0.25, -0.2) is 0 Å². The molecule has 0 saturated carbocycles. The van der Waals surface area contributed by atoms with Crippen molar-refractivity contribution in [2.75, 3.05) is 0 Å². The molecule has 0 atom stereocenters. The third kappa shape index (κ3) is 6.92. The van der Waals surface area contributed by atoms with Crippen LogP contribution in [0.5, 0.6) is 0 Å². The van der Waals surface area contributed by atoms with Gasteiger partial charge in [0, 0.05) is 0 Å². The summed E-state index contributed by atoms with van der Waals surface area (Å²) in [4.78, 5) is 0. The SMILES string of the molecule is Cc1[c]cccc1.[Br][Zn][Br]. The van der Waals surface area contributed by atoms with Crippen LogP contribution in [0, 0.1) is 13.0 Å². The van der Waals surface area contributed by atoms with Crippen molar-refractivity contribution in [1.82, 2.24) is 0 Å². The molecule has 1 rings (SSSR count). The molecule has 0 aromatic heterocycles. The number of aryl methyl sites for hydroxylation is 1. The van der Waals surface area contributed by atoms with Gasteiger partial charge in [0.05, 0.1) is 0 Å². The first-order valence-electron chi connectivity index (χ1n) is 2.86. The van der Waals surface area contributed by atoms with E-state index in [2.05, 4.69) is 33.3 Å². The van der Waals surface area contributed by atoms with E-state index in [1.807, 2.05) is 31.2 Å². The van der Waals surface area contributed by atoms with E-state index in [-0.39, 0.29) is 13.2 Å². The van der Waals surface area contributed by atoms with E-state index in [0.717, 1.165) is 0 Å². The molecule has 0 fully saturated rings. The summed E-state index contributed by atoms with van der Waals surface area (Å²) in [7, 11) is 0. The zero-order valence-electron chi connectivity index (χ0n) is 5.77. The summed E-state index contributed by atoms with van der Waals surface area (Å²) >= 11 is 6.25. The van der Waals surface area contributed by atoms with Crippen LogP contribution in [0.3, 0.4) is 0 Å². The van der Waals surface area contributed by atoms with Gasteiger partial charge in [0.15, 0.2) is 0 Å². The molecule has 0 aliphatic carbocycles. The molecule has 0 N–H and O–H groups in total. The van der Waals surface area contributed by atoms with Gasteiger partial charge < -0.3 is 0 Å². The average molecular weight is 316 g/mol. The van der Waals surface area contributed by atoms with Crippen LogP contribution in [0.25, 0.3) is 0 Å². The third-order valence-electron chi connectivity index (χ3n) is 0.865. The van der Waals surface area contributed by atoms with Crippen molar-refractivity contribution in [3.05, 3.63) is 35.9 Å². The summed E-state index contributed by atoms with van der Waals surface area (Å²) < 4.78 is 0. The Morgan fingerprint density at radius 1 is 1.40 bits per heavy atom. The van der Waals surface area contributed by atoms with E-state index in [0.29, 0.717) is 0 Å². The standard InChI is InChI=1S/C7H7.2BrH.Zn/c1-7-5-3-2-4-6-7;;;/h2-5H,1H3;2*1H;/q;;;+2/p-2. The second kappa shape index (κ2) is 7.91. The van der Waals surface area contributed by atoms with Gasteiger partial charge in [-0.3, -0.25) is 0 Å². The molecular formula is C7H7Br2Zn. The van der Waals surface area contributed by atoms with E-state index in [1.54, 1.807) is 0 Å². The fourth-order valence-corrected chi connectivity index (χ4v) is 0.483. The minimum atomic E-state index is -0.250. The average Bonchev–Trinajstić information content (AvgIpc) is 1.91. The summed E-state index contributed by atoms with van der Waals surface area (Å²) in [6, 6.07) is 10.9. The zero-order chi connectivity index (χ0) is 7.82. The molecule has 1 radical (unpaired) electrons. The Morgan fingerprint density at radius 3 is 2.20 bits per heavy atom. The van der Waals surface area contributed by atoms with E-state index < -0.39 is 0 Å². The second-order valence-electron chi connectivity index (χ2n) is 1.65. The number of halogens is 2. The first-order valence-corrected chi connectivity index (χ1v) is 16.8. The Balaban J connectivity index is 0.000000236. The zero-order valence-corrected chi connectivity index (χ0v) is 11.9.